The molecule has 1 heterocycles. The van der Waals surface area contributed by atoms with Crippen molar-refractivity contribution < 1.29 is 4.42 Å². The van der Waals surface area contributed by atoms with Gasteiger partial charge in [-0.3, -0.25) is 0 Å². The van der Waals surface area contributed by atoms with E-state index in [1.165, 1.54) is 115 Å². The molecule has 0 radical (unpaired) electrons. The van der Waals surface area contributed by atoms with E-state index in [1.807, 2.05) is 0 Å². The van der Waals surface area contributed by atoms with E-state index in [0.29, 0.717) is 0 Å². The Kier molecular flexibility index (Phi) is 8.14. The Morgan fingerprint density at radius 2 is 1.02 bits per heavy atom. The maximum Gasteiger partial charge on any atom is 0.136 e. The van der Waals surface area contributed by atoms with Crippen molar-refractivity contribution in [2.24, 2.45) is 0 Å². The minimum absolute atomic E-state index is 0.126. The summed E-state index contributed by atoms with van der Waals surface area (Å²) in [6, 6.07) is 65.4. The topological polar surface area (TPSA) is 13.1 Å². The van der Waals surface area contributed by atoms with Gasteiger partial charge in [-0.25, -0.2) is 0 Å². The van der Waals surface area contributed by atoms with E-state index < -0.39 is 0 Å². The molecule has 11 aromatic rings. The molecule has 0 fully saturated rings. The summed E-state index contributed by atoms with van der Waals surface area (Å²) >= 11 is 0. The Hall–Kier alpha value is -7.74. The monoisotopic (exact) mass is 844 g/mol. The lowest BCUT2D eigenvalue weighted by Gasteiger charge is -2.24. The smallest absolute Gasteiger partial charge is 0.136 e. The highest BCUT2D eigenvalue weighted by Crippen LogP contribution is 2.54. The van der Waals surface area contributed by atoms with Gasteiger partial charge in [-0.1, -0.05) is 180 Å². The molecule has 0 N–H and O–H groups in total. The second kappa shape index (κ2) is 13.9. The van der Waals surface area contributed by atoms with Crippen LogP contribution in [0.15, 0.2) is 205 Å². The molecular formula is C65H48O. The van der Waals surface area contributed by atoms with E-state index in [-0.39, 0.29) is 10.8 Å². The van der Waals surface area contributed by atoms with Crippen molar-refractivity contribution in [3.8, 4) is 33.4 Å². The molecule has 1 aromatic heterocycles. The van der Waals surface area contributed by atoms with Gasteiger partial charge in [0.15, 0.2) is 0 Å². The van der Waals surface area contributed by atoms with E-state index in [0.717, 1.165) is 27.5 Å². The van der Waals surface area contributed by atoms with Crippen LogP contribution in [-0.4, -0.2) is 0 Å². The maximum absolute atomic E-state index is 6.75. The lowest BCUT2D eigenvalue weighted by molar-refractivity contribution is 0.648. The van der Waals surface area contributed by atoms with Gasteiger partial charge >= 0.3 is 0 Å². The van der Waals surface area contributed by atoms with Crippen LogP contribution in [-0.2, 0) is 10.8 Å². The lowest BCUT2D eigenvalue weighted by Crippen LogP contribution is -2.16. The molecule has 2 aliphatic rings. The van der Waals surface area contributed by atoms with E-state index in [2.05, 4.69) is 229 Å². The van der Waals surface area contributed by atoms with E-state index >= 15 is 0 Å². The molecule has 0 aliphatic heterocycles. The SMILES string of the molecule is C=CC1=C(/C=C(\C)c2ccc3c(c2)oc2cc4c(cc23)-c2cc3ccccc3cc2C4(C)C)c2ccc(-c3c4ccccc4c(-c4cccc5ccccc45)c4ccccc34)cc2C1(C)C. The molecule has 1 nitrogen and oxygen atoms in total. The molecule has 0 saturated carbocycles. The molecule has 2 aliphatic carbocycles. The van der Waals surface area contributed by atoms with Gasteiger partial charge in [0.2, 0.25) is 0 Å². The Morgan fingerprint density at radius 1 is 0.439 bits per heavy atom. The van der Waals surface area contributed by atoms with Crippen LogP contribution < -0.4 is 0 Å². The van der Waals surface area contributed by atoms with Gasteiger partial charge in [0, 0.05) is 21.6 Å². The van der Waals surface area contributed by atoms with Gasteiger partial charge in [-0.2, -0.15) is 0 Å². The number of allylic oxidation sites excluding steroid dienone is 5. The molecule has 0 saturated heterocycles. The summed E-state index contributed by atoms with van der Waals surface area (Å²) in [5.41, 5.74) is 19.2. The standard InChI is InChI=1S/C65H48O/c1-7-56-52(31-38(2)40-27-30-46-55-36-54-53-32-41-18-8-9-19-42(41)33-58(53)65(5,6)59(54)37-61(55)66-60(46)35-40)45-29-28-43(34-57(45)64(56,3)4)62-48-22-12-14-24-50(48)63(51-25-15-13-23-49(51)62)47-26-16-20-39-17-10-11-21-44(39)47/h7-37H,1H2,2-6H3/b38-31+. The van der Waals surface area contributed by atoms with Crippen LogP contribution >= 0.6 is 0 Å². The number of benzene rings is 10. The predicted molar refractivity (Wildman–Crippen MR) is 282 cm³/mol. The molecule has 0 atom stereocenters. The first-order valence-corrected chi connectivity index (χ1v) is 23.3. The summed E-state index contributed by atoms with van der Waals surface area (Å²) < 4.78 is 6.75. The fourth-order valence-electron chi connectivity index (χ4n) is 12.0. The van der Waals surface area contributed by atoms with Gasteiger partial charge in [0.05, 0.1) is 0 Å². The van der Waals surface area contributed by atoms with Gasteiger partial charge in [0.25, 0.3) is 0 Å². The van der Waals surface area contributed by atoms with Crippen molar-refractivity contribution in [1.82, 2.24) is 0 Å². The molecular weight excluding hydrogens is 797 g/mol. The summed E-state index contributed by atoms with van der Waals surface area (Å²) in [5, 5.41) is 12.4. The summed E-state index contributed by atoms with van der Waals surface area (Å²) in [6.45, 7) is 16.0. The average Bonchev–Trinajstić information content (AvgIpc) is 3.88. The molecule has 13 rings (SSSR count). The van der Waals surface area contributed by atoms with E-state index in [1.54, 1.807) is 0 Å². The Balaban J connectivity index is 0.912. The van der Waals surface area contributed by atoms with Crippen LogP contribution in [0, 0.1) is 0 Å². The van der Waals surface area contributed by atoms with Gasteiger partial charge in [-0.15, -0.1) is 0 Å². The normalized spacial score (nSPS) is 15.1. The zero-order valence-electron chi connectivity index (χ0n) is 38.0. The van der Waals surface area contributed by atoms with Crippen molar-refractivity contribution in [3.05, 3.63) is 228 Å². The Morgan fingerprint density at radius 3 is 1.73 bits per heavy atom. The van der Waals surface area contributed by atoms with Crippen LogP contribution in [0.1, 0.15) is 62.4 Å². The molecule has 0 bridgehead atoms. The van der Waals surface area contributed by atoms with Crippen molar-refractivity contribution in [2.75, 3.05) is 0 Å². The first-order chi connectivity index (χ1) is 32.1. The number of furan rings is 1. The van der Waals surface area contributed by atoms with Crippen molar-refractivity contribution >= 4 is 76.2 Å². The largest absolute Gasteiger partial charge is 0.456 e. The second-order valence-corrected chi connectivity index (χ2v) is 19.7. The summed E-state index contributed by atoms with van der Waals surface area (Å²) in [4.78, 5) is 0. The summed E-state index contributed by atoms with van der Waals surface area (Å²) in [7, 11) is 0. The first-order valence-electron chi connectivity index (χ1n) is 23.3. The molecule has 0 spiro atoms. The third-order valence-electron chi connectivity index (χ3n) is 15.4. The molecule has 314 valence electrons. The third-order valence-corrected chi connectivity index (χ3v) is 15.4. The average molecular weight is 845 g/mol. The predicted octanol–water partition coefficient (Wildman–Crippen LogP) is 18.2. The highest BCUT2D eigenvalue weighted by molar-refractivity contribution is 6.23. The molecule has 0 unspecified atom stereocenters. The van der Waals surface area contributed by atoms with Crippen LogP contribution in [0.5, 0.6) is 0 Å². The summed E-state index contributed by atoms with van der Waals surface area (Å²) in [5.74, 6) is 0. The molecule has 10 aromatic carbocycles. The number of fused-ring (bicyclic) bond motifs is 11. The van der Waals surface area contributed by atoms with Gasteiger partial charge < -0.3 is 4.42 Å². The zero-order chi connectivity index (χ0) is 44.6. The van der Waals surface area contributed by atoms with Crippen molar-refractivity contribution in [3.63, 3.8) is 0 Å². The number of hydrogen-bond acceptors (Lipinski definition) is 1. The van der Waals surface area contributed by atoms with Gasteiger partial charge in [0.1, 0.15) is 11.2 Å². The van der Waals surface area contributed by atoms with Crippen LogP contribution in [0.25, 0.3) is 110 Å². The highest BCUT2D eigenvalue weighted by atomic mass is 16.3. The fraction of sp³-hybridized carbons (Fsp3) is 0.108. The molecule has 66 heavy (non-hydrogen) atoms. The van der Waals surface area contributed by atoms with Crippen LogP contribution in [0.4, 0.5) is 0 Å². The fourth-order valence-corrected chi connectivity index (χ4v) is 12.0. The van der Waals surface area contributed by atoms with E-state index in [4.69, 9.17) is 4.42 Å². The van der Waals surface area contributed by atoms with Gasteiger partial charge in [-0.05, 0) is 170 Å². The Labute approximate surface area is 385 Å². The Bertz CT molecular complexity index is 3950. The number of rotatable bonds is 5. The van der Waals surface area contributed by atoms with Crippen molar-refractivity contribution in [2.45, 2.75) is 45.4 Å². The van der Waals surface area contributed by atoms with Crippen LogP contribution in [0.2, 0.25) is 0 Å². The van der Waals surface area contributed by atoms with Crippen LogP contribution in [0.3, 0.4) is 0 Å². The lowest BCUT2D eigenvalue weighted by atomic mass is 9.79. The summed E-state index contributed by atoms with van der Waals surface area (Å²) in [6.07, 6.45) is 4.45. The first kappa shape index (κ1) is 38.7. The zero-order valence-corrected chi connectivity index (χ0v) is 38.0. The number of hydrogen-bond donors (Lipinski definition) is 0. The quantitative estimate of drug-likeness (QED) is 0.157. The third kappa shape index (κ3) is 5.41. The minimum atomic E-state index is -0.254. The minimum Gasteiger partial charge on any atom is -0.456 e. The molecule has 1 heteroatoms. The van der Waals surface area contributed by atoms with E-state index in [9.17, 15) is 0 Å². The highest BCUT2D eigenvalue weighted by Gasteiger charge is 2.38. The second-order valence-electron chi connectivity index (χ2n) is 19.7. The molecule has 0 amide bonds. The maximum atomic E-state index is 6.75. The van der Waals surface area contributed by atoms with Crippen molar-refractivity contribution in [1.29, 1.82) is 0 Å².